The molecule has 1 fully saturated rings. The van der Waals surface area contributed by atoms with Crippen molar-refractivity contribution < 1.29 is 13.5 Å². The van der Waals surface area contributed by atoms with Crippen molar-refractivity contribution >= 4 is 21.8 Å². The van der Waals surface area contributed by atoms with Gasteiger partial charge in [0.05, 0.1) is 4.90 Å². The standard InChI is InChI=1S/C11H15NO3S2/c1-9-8-16-6-5-12(9)17(14,15)11-4-2-3-10(13)7-11/h2-4,7,9,13H,5-6,8H2,1H3. The summed E-state index contributed by atoms with van der Waals surface area (Å²) in [5.41, 5.74) is 0. The van der Waals surface area contributed by atoms with E-state index in [1.54, 1.807) is 17.8 Å². The molecule has 0 amide bonds. The minimum Gasteiger partial charge on any atom is -0.508 e. The van der Waals surface area contributed by atoms with Crippen LogP contribution in [0.4, 0.5) is 0 Å². The topological polar surface area (TPSA) is 57.6 Å². The van der Waals surface area contributed by atoms with Gasteiger partial charge in [0.1, 0.15) is 5.75 Å². The highest BCUT2D eigenvalue weighted by molar-refractivity contribution is 7.99. The van der Waals surface area contributed by atoms with Crippen molar-refractivity contribution in [2.24, 2.45) is 0 Å². The van der Waals surface area contributed by atoms with Gasteiger partial charge in [0.25, 0.3) is 0 Å². The Kier molecular flexibility index (Phi) is 3.65. The molecule has 0 bridgehead atoms. The van der Waals surface area contributed by atoms with E-state index in [1.807, 2.05) is 6.92 Å². The molecule has 17 heavy (non-hydrogen) atoms. The smallest absolute Gasteiger partial charge is 0.243 e. The van der Waals surface area contributed by atoms with Crippen LogP contribution < -0.4 is 0 Å². The van der Waals surface area contributed by atoms with E-state index in [2.05, 4.69) is 0 Å². The summed E-state index contributed by atoms with van der Waals surface area (Å²) in [6, 6.07) is 5.83. The van der Waals surface area contributed by atoms with Gasteiger partial charge in [-0.1, -0.05) is 6.07 Å². The van der Waals surface area contributed by atoms with Gasteiger partial charge in [-0.2, -0.15) is 16.1 Å². The summed E-state index contributed by atoms with van der Waals surface area (Å²) < 4.78 is 26.2. The maximum absolute atomic E-state index is 12.4. The Labute approximate surface area is 106 Å². The van der Waals surface area contributed by atoms with E-state index >= 15 is 0 Å². The fraction of sp³-hybridized carbons (Fsp3) is 0.455. The Morgan fingerprint density at radius 3 is 2.88 bits per heavy atom. The first kappa shape index (κ1) is 12.7. The van der Waals surface area contributed by atoms with Gasteiger partial charge in [0.15, 0.2) is 0 Å². The molecule has 1 saturated heterocycles. The van der Waals surface area contributed by atoms with Gasteiger partial charge in [-0.15, -0.1) is 0 Å². The van der Waals surface area contributed by atoms with Gasteiger partial charge in [-0.25, -0.2) is 8.42 Å². The van der Waals surface area contributed by atoms with Gasteiger partial charge in [-0.05, 0) is 25.1 Å². The van der Waals surface area contributed by atoms with E-state index in [0.717, 1.165) is 11.5 Å². The van der Waals surface area contributed by atoms with Crippen LogP contribution in [0, 0.1) is 0 Å². The number of hydrogen-bond donors (Lipinski definition) is 1. The van der Waals surface area contributed by atoms with Crippen LogP contribution in [0.25, 0.3) is 0 Å². The summed E-state index contributed by atoms with van der Waals surface area (Å²) in [6.07, 6.45) is 0. The molecule has 0 aromatic heterocycles. The van der Waals surface area contributed by atoms with Crippen LogP contribution in [-0.4, -0.2) is 41.9 Å². The second-order valence-corrected chi connectivity index (χ2v) is 7.08. The summed E-state index contributed by atoms with van der Waals surface area (Å²) in [5, 5.41) is 9.35. The highest BCUT2D eigenvalue weighted by atomic mass is 32.2. The number of phenolic OH excluding ortho intramolecular Hbond substituents is 1. The summed E-state index contributed by atoms with van der Waals surface area (Å²) in [5.74, 6) is 1.62. The zero-order valence-electron chi connectivity index (χ0n) is 9.54. The molecule has 0 saturated carbocycles. The average Bonchev–Trinajstić information content (AvgIpc) is 2.29. The van der Waals surface area contributed by atoms with Gasteiger partial charge < -0.3 is 5.11 Å². The molecule has 1 unspecified atom stereocenters. The predicted molar refractivity (Wildman–Crippen MR) is 68.8 cm³/mol. The third-order valence-corrected chi connectivity index (χ3v) is 5.93. The molecule has 1 atom stereocenters. The van der Waals surface area contributed by atoms with Crippen molar-refractivity contribution in [3.05, 3.63) is 24.3 Å². The second-order valence-electron chi connectivity index (χ2n) is 4.04. The predicted octanol–water partition coefficient (Wildman–Crippen LogP) is 1.52. The van der Waals surface area contributed by atoms with Gasteiger partial charge in [0, 0.05) is 24.1 Å². The SMILES string of the molecule is CC1CSCCN1S(=O)(=O)c1cccc(O)c1. The number of nitrogens with zero attached hydrogens (tertiary/aromatic N) is 1. The van der Waals surface area contributed by atoms with Crippen molar-refractivity contribution in [3.63, 3.8) is 0 Å². The molecule has 0 radical (unpaired) electrons. The van der Waals surface area contributed by atoms with Crippen LogP contribution in [0.1, 0.15) is 6.92 Å². The molecule has 0 spiro atoms. The lowest BCUT2D eigenvalue weighted by Gasteiger charge is -2.31. The number of aromatic hydroxyl groups is 1. The molecule has 1 aromatic carbocycles. The quantitative estimate of drug-likeness (QED) is 0.887. The van der Waals surface area contributed by atoms with Crippen LogP contribution in [0.5, 0.6) is 5.75 Å². The van der Waals surface area contributed by atoms with Crippen molar-refractivity contribution in [2.75, 3.05) is 18.1 Å². The number of rotatable bonds is 2. The van der Waals surface area contributed by atoms with E-state index in [1.165, 1.54) is 22.5 Å². The molecular weight excluding hydrogens is 258 g/mol. The fourth-order valence-electron chi connectivity index (χ4n) is 1.85. The van der Waals surface area contributed by atoms with Crippen LogP contribution in [0.15, 0.2) is 29.2 Å². The second kappa shape index (κ2) is 4.88. The summed E-state index contributed by atoms with van der Waals surface area (Å²) in [7, 11) is -3.47. The lowest BCUT2D eigenvalue weighted by molar-refractivity contribution is 0.367. The third kappa shape index (κ3) is 2.59. The Bertz CT molecular complexity index is 501. The Morgan fingerprint density at radius 1 is 1.47 bits per heavy atom. The first-order valence-electron chi connectivity index (χ1n) is 5.40. The minimum absolute atomic E-state index is 0.00102. The van der Waals surface area contributed by atoms with E-state index in [9.17, 15) is 13.5 Å². The number of thioether (sulfide) groups is 1. The van der Waals surface area contributed by atoms with Crippen LogP contribution in [0.2, 0.25) is 0 Å². The largest absolute Gasteiger partial charge is 0.508 e. The highest BCUT2D eigenvalue weighted by Gasteiger charge is 2.31. The van der Waals surface area contributed by atoms with Crippen LogP contribution in [0.3, 0.4) is 0 Å². The fourth-order valence-corrected chi connectivity index (χ4v) is 4.74. The molecule has 1 heterocycles. The highest BCUT2D eigenvalue weighted by Crippen LogP contribution is 2.25. The van der Waals surface area contributed by atoms with E-state index in [-0.39, 0.29) is 16.7 Å². The Balaban J connectivity index is 2.35. The zero-order valence-corrected chi connectivity index (χ0v) is 11.2. The molecule has 1 aliphatic heterocycles. The summed E-state index contributed by atoms with van der Waals surface area (Å²) in [4.78, 5) is 0.163. The van der Waals surface area contributed by atoms with E-state index in [4.69, 9.17) is 0 Å². The number of sulfonamides is 1. The molecule has 1 aliphatic rings. The maximum atomic E-state index is 12.4. The molecular formula is C11H15NO3S2. The Hall–Kier alpha value is -0.720. The number of phenols is 1. The number of benzene rings is 1. The molecule has 4 nitrogen and oxygen atoms in total. The van der Waals surface area contributed by atoms with Crippen molar-refractivity contribution in [3.8, 4) is 5.75 Å². The lowest BCUT2D eigenvalue weighted by atomic mass is 10.3. The minimum atomic E-state index is -3.47. The van der Waals surface area contributed by atoms with Gasteiger partial charge in [-0.3, -0.25) is 0 Å². The van der Waals surface area contributed by atoms with Crippen molar-refractivity contribution in [2.45, 2.75) is 17.9 Å². The van der Waals surface area contributed by atoms with Crippen LogP contribution in [-0.2, 0) is 10.0 Å². The normalized spacial score (nSPS) is 22.5. The summed E-state index contributed by atoms with van der Waals surface area (Å²) >= 11 is 1.77. The van der Waals surface area contributed by atoms with Crippen molar-refractivity contribution in [1.82, 2.24) is 4.31 Å². The van der Waals surface area contributed by atoms with Crippen molar-refractivity contribution in [1.29, 1.82) is 0 Å². The number of hydrogen-bond acceptors (Lipinski definition) is 4. The molecule has 1 N–H and O–H groups in total. The zero-order chi connectivity index (χ0) is 12.5. The molecule has 94 valence electrons. The van der Waals surface area contributed by atoms with E-state index in [0.29, 0.717) is 6.54 Å². The van der Waals surface area contributed by atoms with E-state index < -0.39 is 10.0 Å². The van der Waals surface area contributed by atoms with Crippen LogP contribution >= 0.6 is 11.8 Å². The molecule has 0 aliphatic carbocycles. The molecule has 6 heteroatoms. The average molecular weight is 273 g/mol. The van der Waals surface area contributed by atoms with Gasteiger partial charge >= 0.3 is 0 Å². The Morgan fingerprint density at radius 2 is 2.24 bits per heavy atom. The summed E-state index contributed by atoms with van der Waals surface area (Å²) in [6.45, 7) is 2.44. The molecule has 1 aromatic rings. The lowest BCUT2D eigenvalue weighted by Crippen LogP contribution is -2.44. The first-order valence-corrected chi connectivity index (χ1v) is 8.00. The third-order valence-electron chi connectivity index (χ3n) is 2.73. The molecule has 2 rings (SSSR count). The van der Waals surface area contributed by atoms with Gasteiger partial charge in [0.2, 0.25) is 10.0 Å². The monoisotopic (exact) mass is 273 g/mol. The first-order chi connectivity index (χ1) is 8.01. The maximum Gasteiger partial charge on any atom is 0.243 e.